The van der Waals surface area contributed by atoms with Gasteiger partial charge >= 0.3 is 0 Å². The standard InChI is InChI=1S/C18H17FO4S2/c1-18(2)8-12-14(13(20)9-18)17(25(3,22)23)24-16(12)15(21)10-4-6-11(19)7-5-10/h4-7H,8-9H2,1-3H3. The van der Waals surface area contributed by atoms with E-state index in [-0.39, 0.29) is 43.6 Å². The number of hydrogen-bond acceptors (Lipinski definition) is 5. The summed E-state index contributed by atoms with van der Waals surface area (Å²) in [5.41, 5.74) is 0.581. The van der Waals surface area contributed by atoms with Gasteiger partial charge in [0.15, 0.2) is 15.6 Å². The van der Waals surface area contributed by atoms with Crippen LogP contribution in [0.25, 0.3) is 0 Å². The number of Topliss-reactive ketones (excluding diaryl/α,β-unsaturated/α-hetero) is 1. The monoisotopic (exact) mass is 380 g/mol. The Morgan fingerprint density at radius 3 is 2.32 bits per heavy atom. The lowest BCUT2D eigenvalue weighted by molar-refractivity contribution is 0.0909. The zero-order chi connectivity index (χ0) is 18.6. The highest BCUT2D eigenvalue weighted by atomic mass is 32.2. The lowest BCUT2D eigenvalue weighted by Crippen LogP contribution is -2.28. The molecule has 0 fully saturated rings. The lowest BCUT2D eigenvalue weighted by Gasteiger charge is -2.29. The molecular weight excluding hydrogens is 363 g/mol. The van der Waals surface area contributed by atoms with Gasteiger partial charge < -0.3 is 0 Å². The molecular formula is C18H17FO4S2. The highest BCUT2D eigenvalue weighted by Gasteiger charge is 2.39. The fraction of sp³-hybridized carbons (Fsp3) is 0.333. The van der Waals surface area contributed by atoms with Crippen LogP contribution in [0.15, 0.2) is 28.5 Å². The normalized spacial score (nSPS) is 16.6. The molecule has 1 aliphatic carbocycles. The summed E-state index contributed by atoms with van der Waals surface area (Å²) in [6.07, 6.45) is 1.73. The summed E-state index contributed by atoms with van der Waals surface area (Å²) in [7, 11) is -3.63. The van der Waals surface area contributed by atoms with Crippen molar-refractivity contribution in [3.05, 3.63) is 51.7 Å². The number of fused-ring (bicyclic) bond motifs is 1. The lowest BCUT2D eigenvalue weighted by atomic mass is 9.74. The smallest absolute Gasteiger partial charge is 0.203 e. The first kappa shape index (κ1) is 17.9. The number of carbonyl (C=O) groups is 2. The average molecular weight is 380 g/mol. The van der Waals surface area contributed by atoms with Gasteiger partial charge in [-0.15, -0.1) is 11.3 Å². The van der Waals surface area contributed by atoms with Crippen LogP contribution in [0.1, 0.15) is 51.4 Å². The number of rotatable bonds is 3. The summed E-state index contributed by atoms with van der Waals surface area (Å²) in [6.45, 7) is 3.83. The average Bonchev–Trinajstić information content (AvgIpc) is 2.85. The molecule has 7 heteroatoms. The van der Waals surface area contributed by atoms with Gasteiger partial charge in [0, 0.05) is 18.2 Å². The van der Waals surface area contributed by atoms with Crippen molar-refractivity contribution in [2.24, 2.45) is 5.41 Å². The maximum Gasteiger partial charge on any atom is 0.203 e. The number of sulfone groups is 1. The van der Waals surface area contributed by atoms with Crippen molar-refractivity contribution in [3.8, 4) is 0 Å². The molecule has 1 heterocycles. The van der Waals surface area contributed by atoms with Crippen molar-refractivity contribution < 1.29 is 22.4 Å². The molecule has 1 aromatic carbocycles. The molecule has 3 rings (SSSR count). The highest BCUT2D eigenvalue weighted by Crippen LogP contribution is 2.43. The second-order valence-corrected chi connectivity index (χ2v) is 10.4. The summed E-state index contributed by atoms with van der Waals surface area (Å²) in [5.74, 6) is -1.10. The molecule has 2 aromatic rings. The molecule has 0 saturated heterocycles. The third kappa shape index (κ3) is 3.30. The fourth-order valence-corrected chi connectivity index (χ4v) is 5.63. The van der Waals surface area contributed by atoms with Crippen molar-refractivity contribution in [1.29, 1.82) is 0 Å². The molecule has 0 atom stereocenters. The van der Waals surface area contributed by atoms with Crippen molar-refractivity contribution in [2.75, 3.05) is 6.26 Å². The van der Waals surface area contributed by atoms with Gasteiger partial charge in [-0.3, -0.25) is 9.59 Å². The fourth-order valence-electron chi connectivity index (χ4n) is 3.13. The number of carbonyl (C=O) groups excluding carboxylic acids is 2. The first-order chi connectivity index (χ1) is 11.5. The van der Waals surface area contributed by atoms with E-state index < -0.39 is 15.7 Å². The first-order valence-electron chi connectivity index (χ1n) is 7.69. The van der Waals surface area contributed by atoms with Crippen molar-refractivity contribution in [3.63, 3.8) is 0 Å². The Bertz CT molecular complexity index is 983. The number of thiophene rings is 1. The van der Waals surface area contributed by atoms with Gasteiger partial charge in [0.25, 0.3) is 0 Å². The van der Waals surface area contributed by atoms with Crippen LogP contribution in [-0.2, 0) is 16.3 Å². The molecule has 25 heavy (non-hydrogen) atoms. The molecule has 0 aliphatic heterocycles. The number of hydrogen-bond donors (Lipinski definition) is 0. The van der Waals surface area contributed by atoms with Crippen LogP contribution in [-0.4, -0.2) is 26.2 Å². The van der Waals surface area contributed by atoms with E-state index >= 15 is 0 Å². The second kappa shape index (κ2) is 5.85. The van der Waals surface area contributed by atoms with E-state index in [0.29, 0.717) is 12.0 Å². The Kier molecular flexibility index (Phi) is 4.20. The number of halogens is 1. The topological polar surface area (TPSA) is 68.3 Å². The molecule has 0 bridgehead atoms. The van der Waals surface area contributed by atoms with E-state index in [1.165, 1.54) is 24.3 Å². The zero-order valence-electron chi connectivity index (χ0n) is 14.1. The molecule has 0 N–H and O–H groups in total. The van der Waals surface area contributed by atoms with Gasteiger partial charge in [-0.1, -0.05) is 13.8 Å². The summed E-state index contributed by atoms with van der Waals surface area (Å²) in [6, 6.07) is 5.08. The van der Waals surface area contributed by atoms with Gasteiger partial charge in [-0.05, 0) is 41.7 Å². The predicted molar refractivity (Wildman–Crippen MR) is 93.7 cm³/mol. The van der Waals surface area contributed by atoms with Crippen molar-refractivity contribution >= 4 is 32.7 Å². The molecule has 0 saturated carbocycles. The zero-order valence-corrected chi connectivity index (χ0v) is 15.7. The van der Waals surface area contributed by atoms with E-state index in [0.717, 1.165) is 17.6 Å². The van der Waals surface area contributed by atoms with Gasteiger partial charge in [-0.2, -0.15) is 0 Å². The van der Waals surface area contributed by atoms with Gasteiger partial charge in [0.05, 0.1) is 10.4 Å². The van der Waals surface area contributed by atoms with Crippen LogP contribution in [0, 0.1) is 11.2 Å². The molecule has 1 aromatic heterocycles. The maximum atomic E-state index is 13.1. The SMILES string of the molecule is CC1(C)CC(=O)c2c(S(C)(=O)=O)sc(C(=O)c3ccc(F)cc3)c2C1. The van der Waals surface area contributed by atoms with Gasteiger partial charge in [-0.25, -0.2) is 12.8 Å². The number of benzene rings is 1. The molecule has 4 nitrogen and oxygen atoms in total. The summed E-state index contributed by atoms with van der Waals surface area (Å²) < 4.78 is 37.3. The Hall–Kier alpha value is -1.86. The van der Waals surface area contributed by atoms with Crippen LogP contribution >= 0.6 is 11.3 Å². The number of ketones is 2. The third-order valence-corrected chi connectivity index (χ3v) is 7.26. The van der Waals surface area contributed by atoms with Crippen LogP contribution in [0.5, 0.6) is 0 Å². The minimum absolute atomic E-state index is 0.0477. The van der Waals surface area contributed by atoms with Crippen LogP contribution in [0.2, 0.25) is 0 Å². The van der Waals surface area contributed by atoms with Gasteiger partial charge in [0.1, 0.15) is 10.0 Å². The highest BCUT2D eigenvalue weighted by molar-refractivity contribution is 7.92. The molecule has 0 radical (unpaired) electrons. The molecule has 0 spiro atoms. The van der Waals surface area contributed by atoms with Crippen molar-refractivity contribution in [1.82, 2.24) is 0 Å². The molecule has 132 valence electrons. The van der Waals surface area contributed by atoms with E-state index in [1.54, 1.807) is 0 Å². The van der Waals surface area contributed by atoms with E-state index in [2.05, 4.69) is 0 Å². The molecule has 0 amide bonds. The van der Waals surface area contributed by atoms with Gasteiger partial charge in [0.2, 0.25) is 5.78 Å². The third-order valence-electron chi connectivity index (χ3n) is 4.20. The Morgan fingerprint density at radius 2 is 1.76 bits per heavy atom. The second-order valence-electron chi connectivity index (χ2n) is 7.12. The predicted octanol–water partition coefficient (Wildman–Crippen LogP) is 3.68. The maximum absolute atomic E-state index is 13.1. The summed E-state index contributed by atoms with van der Waals surface area (Å²) >= 11 is 0.842. The van der Waals surface area contributed by atoms with Crippen LogP contribution in [0.4, 0.5) is 4.39 Å². The Labute approximate surface area is 149 Å². The largest absolute Gasteiger partial charge is 0.294 e. The molecule has 0 unspecified atom stereocenters. The Balaban J connectivity index is 2.23. The Morgan fingerprint density at radius 1 is 1.16 bits per heavy atom. The quantitative estimate of drug-likeness (QED) is 0.762. The molecule has 1 aliphatic rings. The first-order valence-corrected chi connectivity index (χ1v) is 10.4. The van der Waals surface area contributed by atoms with Crippen molar-refractivity contribution in [2.45, 2.75) is 30.9 Å². The summed E-state index contributed by atoms with van der Waals surface area (Å²) in [4.78, 5) is 25.7. The minimum atomic E-state index is -3.63. The van der Waals surface area contributed by atoms with E-state index in [9.17, 15) is 22.4 Å². The van der Waals surface area contributed by atoms with E-state index in [1.807, 2.05) is 13.8 Å². The van der Waals surface area contributed by atoms with Crippen LogP contribution < -0.4 is 0 Å². The summed E-state index contributed by atoms with van der Waals surface area (Å²) in [5, 5.41) is 0. The minimum Gasteiger partial charge on any atom is -0.294 e. The van der Waals surface area contributed by atoms with E-state index in [4.69, 9.17) is 0 Å². The van der Waals surface area contributed by atoms with Crippen LogP contribution in [0.3, 0.4) is 0 Å².